The highest BCUT2D eigenvalue weighted by molar-refractivity contribution is 7.98. The molecule has 3 aromatic carbocycles. The van der Waals surface area contributed by atoms with Gasteiger partial charge < -0.3 is 71.1 Å². The molecule has 0 aliphatic heterocycles. The number of ether oxygens (including phenoxy) is 15. The Labute approximate surface area is 662 Å². The molecule has 0 fully saturated rings. The number of carbonyl (C=O) groups is 8. The van der Waals surface area contributed by atoms with Gasteiger partial charge in [-0.1, -0.05) is 54.6 Å². The summed E-state index contributed by atoms with van der Waals surface area (Å²) in [7, 11) is 0. The Morgan fingerprint density at radius 3 is 0.719 bits per heavy atom. The summed E-state index contributed by atoms with van der Waals surface area (Å²) in [5.41, 5.74) is 2.07. The fourth-order valence-corrected chi connectivity index (χ4v) is 11.7. The normalized spacial score (nSPS) is 10.7. The Bertz CT molecular complexity index is 4440. The number of nitrogens with zero attached hydrogens (tertiary/aromatic N) is 7. The van der Waals surface area contributed by atoms with Crippen LogP contribution in [0.15, 0.2) is 174 Å². The average molecular weight is 1590 g/mol. The van der Waals surface area contributed by atoms with Crippen molar-refractivity contribution in [2.24, 2.45) is 0 Å². The molecule has 10 rings (SSSR count). The van der Waals surface area contributed by atoms with E-state index in [1.165, 1.54) is 72.8 Å². The number of rotatable bonds is 39. The number of aromatic nitrogens is 7. The molecule has 0 spiro atoms. The SMILES string of the molecule is CCOC(=O)c1cc(Oc2cc(OCc3ccc(SCc4cc(OCc5ccccc5)cc(CSc5ccc(COc6cc(Oc7cc(C(=O)OCC)nc(C(=O)OCC)c7)nc(Oc7cc(C(=O)OCC)nc(C(=O)OCC)c7)c6)cc5)n4)cc3)cc(Oc3cc(C(=O)OCC)nc(C(=O)OCC)c3)n2)cc(C(=O)OCC)n1. The summed E-state index contributed by atoms with van der Waals surface area (Å²) < 4.78 is 85.1. The summed E-state index contributed by atoms with van der Waals surface area (Å²) in [6.45, 7) is 13.5. The molecule has 0 saturated heterocycles. The highest BCUT2D eigenvalue weighted by atomic mass is 32.2. The zero-order valence-corrected chi connectivity index (χ0v) is 64.8. The molecule has 7 heterocycles. The molecule has 10 aromatic rings. The summed E-state index contributed by atoms with van der Waals surface area (Å²) in [6.07, 6.45) is 0. The summed E-state index contributed by atoms with van der Waals surface area (Å²) in [5, 5.41) is 0. The molecule has 0 atom stereocenters. The van der Waals surface area contributed by atoms with Gasteiger partial charge in [0.05, 0.1) is 64.2 Å². The van der Waals surface area contributed by atoms with Gasteiger partial charge in [-0.05, 0) is 96.3 Å². The largest absolute Gasteiger partial charge is 0.489 e. The molecule has 0 N–H and O–H groups in total. The third-order valence-corrected chi connectivity index (χ3v) is 17.1. The van der Waals surface area contributed by atoms with Gasteiger partial charge in [0.25, 0.3) is 0 Å². The van der Waals surface area contributed by atoms with Crippen molar-refractivity contribution in [3.63, 3.8) is 0 Å². The van der Waals surface area contributed by atoms with E-state index in [0.29, 0.717) is 23.9 Å². The van der Waals surface area contributed by atoms with Crippen LogP contribution in [0.2, 0.25) is 0 Å². The molecule has 0 bridgehead atoms. The number of hydrogen-bond acceptors (Lipinski definition) is 32. The molecule has 0 amide bonds. The number of thioether (sulfide) groups is 2. The van der Waals surface area contributed by atoms with Crippen molar-refractivity contribution in [3.8, 4) is 63.8 Å². The summed E-state index contributed by atoms with van der Waals surface area (Å²) in [5.74, 6) is -5.48. The summed E-state index contributed by atoms with van der Waals surface area (Å²) in [4.78, 5) is 136. The molecule has 0 aliphatic carbocycles. The predicted molar refractivity (Wildman–Crippen MR) is 409 cm³/mol. The van der Waals surface area contributed by atoms with Gasteiger partial charge in [0.1, 0.15) is 60.1 Å². The minimum atomic E-state index is -0.828. The van der Waals surface area contributed by atoms with Crippen molar-refractivity contribution in [2.75, 3.05) is 52.9 Å². The number of hydrogen-bond donors (Lipinski definition) is 0. The fraction of sp³-hybridized carbons (Fsp3) is 0.256. The van der Waals surface area contributed by atoms with Gasteiger partial charge >= 0.3 is 47.8 Å². The van der Waals surface area contributed by atoms with E-state index in [1.807, 2.05) is 91.0 Å². The lowest BCUT2D eigenvalue weighted by Crippen LogP contribution is -2.13. The standard InChI is InChI=1S/C82H77N7O23S2/c1-9-98-75(90)63-32-57(33-64(84-63)76(91)99-10-2)109-71-40-55(41-72(88-71)110-58-34-65(77(92)100-11-3)85-66(35-58)78(93)101-12-4)107-45-50-22-26-61(27-23-50)113-47-52-30-54(106-44-49-20-18-17-19-21-49)31-53(83-52)48-114-62-28-24-51(25-29-62)46-108-56-42-73(111-59-36-67(79(94)102-13-5)86-68(37-59)80(95)103-14-6)89-74(43-56)112-60-38-69(81(96)104-15-7)87-70(39-60)82(97)105-16-8/h17-43H,9-16,44-48H2,1-8H3. The molecule has 0 radical (unpaired) electrons. The van der Waals surface area contributed by atoms with Crippen molar-refractivity contribution in [1.82, 2.24) is 34.9 Å². The van der Waals surface area contributed by atoms with Crippen LogP contribution in [0, 0.1) is 0 Å². The van der Waals surface area contributed by atoms with Crippen molar-refractivity contribution in [3.05, 3.63) is 237 Å². The highest BCUT2D eigenvalue weighted by Crippen LogP contribution is 2.36. The quantitative estimate of drug-likeness (QED) is 0.0196. The van der Waals surface area contributed by atoms with Gasteiger partial charge in [-0.15, -0.1) is 23.5 Å². The first kappa shape index (κ1) is 83.2. The Balaban J connectivity index is 0.846. The Morgan fingerprint density at radius 1 is 0.254 bits per heavy atom. The molecule has 0 saturated carbocycles. The van der Waals surface area contributed by atoms with E-state index in [1.54, 1.807) is 78.9 Å². The lowest BCUT2D eigenvalue weighted by Gasteiger charge is -2.14. The zero-order chi connectivity index (χ0) is 80.9. The van der Waals surface area contributed by atoms with Crippen LogP contribution < -0.4 is 33.2 Å². The molecule has 7 aromatic heterocycles. The van der Waals surface area contributed by atoms with E-state index in [2.05, 4.69) is 29.9 Å². The number of esters is 8. The van der Waals surface area contributed by atoms with Crippen molar-refractivity contribution < 1.29 is 109 Å². The van der Waals surface area contributed by atoms with Crippen LogP contribution in [0.25, 0.3) is 0 Å². The van der Waals surface area contributed by atoms with E-state index in [4.69, 9.17) is 76.0 Å². The third kappa shape index (κ3) is 24.6. The molecule has 32 heteroatoms. The Morgan fingerprint density at radius 2 is 0.482 bits per heavy atom. The molecule has 114 heavy (non-hydrogen) atoms. The smallest absolute Gasteiger partial charge is 0.357 e. The topological polar surface area (TPSA) is 365 Å². The molecular weight excluding hydrogens is 1520 g/mol. The maximum atomic E-state index is 12.9. The minimum Gasteiger partial charge on any atom is -0.489 e. The van der Waals surface area contributed by atoms with E-state index in [0.717, 1.165) is 37.9 Å². The van der Waals surface area contributed by atoms with Crippen LogP contribution >= 0.6 is 23.5 Å². The highest BCUT2D eigenvalue weighted by Gasteiger charge is 2.25. The van der Waals surface area contributed by atoms with Gasteiger partial charge in [-0.3, -0.25) is 4.98 Å². The first-order valence-corrected chi connectivity index (χ1v) is 37.8. The van der Waals surface area contributed by atoms with Crippen LogP contribution in [-0.2, 0) is 69.2 Å². The average Bonchev–Trinajstić information content (AvgIpc) is 0.820. The van der Waals surface area contributed by atoms with Crippen LogP contribution in [-0.4, -0.2) is 135 Å². The van der Waals surface area contributed by atoms with Gasteiger partial charge in [-0.2, -0.15) is 9.97 Å². The first-order valence-electron chi connectivity index (χ1n) is 35.9. The maximum absolute atomic E-state index is 12.9. The summed E-state index contributed by atoms with van der Waals surface area (Å²) in [6, 6.07) is 44.9. The lowest BCUT2D eigenvalue weighted by molar-refractivity contribution is 0.0492. The van der Waals surface area contributed by atoms with Crippen molar-refractivity contribution in [1.29, 1.82) is 0 Å². The number of pyridine rings is 7. The number of benzene rings is 3. The molecule has 30 nitrogen and oxygen atoms in total. The molecule has 0 unspecified atom stereocenters. The Hall–Kier alpha value is -13.2. The van der Waals surface area contributed by atoms with Gasteiger partial charge in [0.15, 0.2) is 45.6 Å². The minimum absolute atomic E-state index is 0.0219. The lowest BCUT2D eigenvalue weighted by atomic mass is 10.2. The second-order valence-electron chi connectivity index (χ2n) is 23.4. The second kappa shape index (κ2) is 41.7. The fourth-order valence-electron chi connectivity index (χ4n) is 10.1. The van der Waals surface area contributed by atoms with Crippen LogP contribution in [0.3, 0.4) is 0 Å². The van der Waals surface area contributed by atoms with Gasteiger partial charge in [0.2, 0.25) is 23.5 Å². The van der Waals surface area contributed by atoms with Crippen molar-refractivity contribution in [2.45, 2.75) is 96.5 Å². The van der Waals surface area contributed by atoms with Crippen LogP contribution in [0.5, 0.6) is 63.8 Å². The second-order valence-corrected chi connectivity index (χ2v) is 25.5. The van der Waals surface area contributed by atoms with Gasteiger partial charge in [0, 0.05) is 106 Å². The van der Waals surface area contributed by atoms with Crippen LogP contribution in [0.4, 0.5) is 0 Å². The van der Waals surface area contributed by atoms with Crippen molar-refractivity contribution >= 4 is 71.3 Å². The third-order valence-electron chi connectivity index (χ3n) is 15.0. The zero-order valence-electron chi connectivity index (χ0n) is 63.1. The molecule has 590 valence electrons. The van der Waals surface area contributed by atoms with E-state index < -0.39 is 47.8 Å². The van der Waals surface area contributed by atoms with E-state index >= 15 is 0 Å². The molecular formula is C82H77N7O23S2. The first-order chi connectivity index (χ1) is 55.3. The molecule has 0 aliphatic rings. The predicted octanol–water partition coefficient (Wildman–Crippen LogP) is 15.4. The number of carbonyl (C=O) groups excluding carboxylic acids is 8. The maximum Gasteiger partial charge on any atom is 0.357 e. The van der Waals surface area contributed by atoms with E-state index in [-0.39, 0.29) is 170 Å². The van der Waals surface area contributed by atoms with E-state index in [9.17, 15) is 38.4 Å². The van der Waals surface area contributed by atoms with Crippen LogP contribution in [0.1, 0.15) is 167 Å². The summed E-state index contributed by atoms with van der Waals surface area (Å²) >= 11 is 3.12. The van der Waals surface area contributed by atoms with Gasteiger partial charge in [-0.25, -0.2) is 58.3 Å². The monoisotopic (exact) mass is 1590 g/mol. The Kier molecular flexibility index (Phi) is 30.5.